The Balaban J connectivity index is 2.21. The lowest BCUT2D eigenvalue weighted by molar-refractivity contribution is -0.384. The summed E-state index contributed by atoms with van der Waals surface area (Å²) in [6.07, 6.45) is 4.78. The molecule has 3 N–H and O–H groups in total. The number of hydrazine groups is 1. The minimum absolute atomic E-state index is 0.115. The zero-order chi connectivity index (χ0) is 14.5. The van der Waals surface area contributed by atoms with Gasteiger partial charge in [-0.25, -0.2) is 0 Å². The molecule has 110 valence electrons. The Labute approximate surface area is 119 Å². The summed E-state index contributed by atoms with van der Waals surface area (Å²) in [4.78, 5) is 12.9. The Kier molecular flexibility index (Phi) is 4.92. The molecule has 0 radical (unpaired) electrons. The topological polar surface area (TPSA) is 84.4 Å². The summed E-state index contributed by atoms with van der Waals surface area (Å²) in [6, 6.07) is 5.34. The molecule has 20 heavy (non-hydrogen) atoms. The summed E-state index contributed by atoms with van der Waals surface area (Å²) in [5.41, 5.74) is 4.40. The lowest BCUT2D eigenvalue weighted by atomic mass is 9.99. The predicted molar refractivity (Wildman–Crippen MR) is 79.2 cm³/mol. The summed E-state index contributed by atoms with van der Waals surface area (Å²) in [5.74, 6) is 5.51. The number of benzene rings is 1. The van der Waals surface area contributed by atoms with Gasteiger partial charge in [-0.05, 0) is 37.4 Å². The van der Waals surface area contributed by atoms with Gasteiger partial charge in [-0.2, -0.15) is 0 Å². The molecule has 1 aliphatic rings. The number of nitrogens with zero attached hydrogens (tertiary/aromatic N) is 2. The van der Waals surface area contributed by atoms with Crippen molar-refractivity contribution < 1.29 is 4.92 Å². The molecule has 6 nitrogen and oxygen atoms in total. The Bertz CT molecular complexity index is 478. The number of nitrogen functional groups attached to an aromatic ring is 1. The van der Waals surface area contributed by atoms with E-state index in [-0.39, 0.29) is 10.6 Å². The molecule has 1 aromatic rings. The second kappa shape index (κ2) is 6.67. The predicted octanol–water partition coefficient (Wildman–Crippen LogP) is 2.64. The van der Waals surface area contributed by atoms with Crippen LogP contribution in [0.2, 0.25) is 0 Å². The highest BCUT2D eigenvalue weighted by Crippen LogP contribution is 2.27. The van der Waals surface area contributed by atoms with Crippen LogP contribution in [0.3, 0.4) is 0 Å². The lowest BCUT2D eigenvalue weighted by Gasteiger charge is -2.35. The molecule has 1 aliphatic heterocycles. The zero-order valence-electron chi connectivity index (χ0n) is 11.8. The number of non-ortho nitro benzene ring substituents is 1. The van der Waals surface area contributed by atoms with Crippen LogP contribution in [0.4, 0.5) is 11.4 Å². The molecule has 1 saturated heterocycles. The molecule has 1 heterocycles. The average Bonchev–Trinajstić information content (AvgIpc) is 2.47. The summed E-state index contributed by atoms with van der Waals surface area (Å²) >= 11 is 0. The van der Waals surface area contributed by atoms with Gasteiger partial charge >= 0.3 is 0 Å². The highest BCUT2D eigenvalue weighted by atomic mass is 16.6. The molecule has 0 aliphatic carbocycles. The first-order valence-electron chi connectivity index (χ1n) is 7.13. The highest BCUT2D eigenvalue weighted by molar-refractivity contribution is 5.55. The van der Waals surface area contributed by atoms with Crippen LogP contribution in [0.5, 0.6) is 0 Å². The molecule has 0 bridgehead atoms. The number of hydrogen-bond donors (Lipinski definition) is 2. The maximum absolute atomic E-state index is 10.9. The van der Waals surface area contributed by atoms with E-state index < -0.39 is 0 Å². The summed E-state index contributed by atoms with van der Waals surface area (Å²) in [6.45, 7) is 3.95. The van der Waals surface area contributed by atoms with Gasteiger partial charge in [-0.15, -0.1) is 0 Å². The third-order valence-electron chi connectivity index (χ3n) is 4.05. The molecule has 0 aromatic heterocycles. The van der Waals surface area contributed by atoms with Crippen LogP contribution >= 0.6 is 0 Å². The van der Waals surface area contributed by atoms with Crippen molar-refractivity contribution in [2.75, 3.05) is 12.0 Å². The third kappa shape index (κ3) is 3.26. The quantitative estimate of drug-likeness (QED) is 0.491. The molecule has 0 saturated carbocycles. The van der Waals surface area contributed by atoms with Crippen molar-refractivity contribution in [3.05, 3.63) is 33.9 Å². The van der Waals surface area contributed by atoms with Gasteiger partial charge < -0.3 is 5.43 Å². The van der Waals surface area contributed by atoms with Gasteiger partial charge in [0.2, 0.25) is 0 Å². The van der Waals surface area contributed by atoms with Gasteiger partial charge in [0.05, 0.1) is 10.6 Å². The molecule has 1 aromatic carbocycles. The largest absolute Gasteiger partial charge is 0.324 e. The Hall–Kier alpha value is -1.66. The van der Waals surface area contributed by atoms with E-state index in [0.717, 1.165) is 24.2 Å². The van der Waals surface area contributed by atoms with Crippen LogP contribution in [-0.2, 0) is 6.54 Å². The van der Waals surface area contributed by atoms with Gasteiger partial charge in [0.25, 0.3) is 5.69 Å². The molecule has 0 amide bonds. The fraction of sp³-hybridized carbons (Fsp3) is 0.571. The number of likely N-dealkylation sites (tertiary alicyclic amines) is 1. The number of anilines is 1. The maximum Gasteiger partial charge on any atom is 0.269 e. The van der Waals surface area contributed by atoms with Gasteiger partial charge in [0.15, 0.2) is 0 Å². The van der Waals surface area contributed by atoms with Gasteiger partial charge in [-0.1, -0.05) is 13.3 Å². The van der Waals surface area contributed by atoms with Crippen molar-refractivity contribution in [2.45, 2.75) is 45.2 Å². The molecule has 1 unspecified atom stereocenters. The van der Waals surface area contributed by atoms with E-state index in [4.69, 9.17) is 5.84 Å². The van der Waals surface area contributed by atoms with Crippen molar-refractivity contribution in [3.8, 4) is 0 Å². The van der Waals surface area contributed by atoms with Gasteiger partial charge in [-0.3, -0.25) is 20.9 Å². The average molecular weight is 278 g/mol. The second-order valence-electron chi connectivity index (χ2n) is 5.27. The van der Waals surface area contributed by atoms with Crippen LogP contribution in [0.25, 0.3) is 0 Å². The second-order valence-corrected chi connectivity index (χ2v) is 5.27. The van der Waals surface area contributed by atoms with E-state index in [0.29, 0.717) is 12.6 Å². The Morgan fingerprint density at radius 1 is 1.50 bits per heavy atom. The van der Waals surface area contributed by atoms with Gasteiger partial charge in [0.1, 0.15) is 0 Å². The Morgan fingerprint density at radius 3 is 2.95 bits per heavy atom. The molecule has 2 rings (SSSR count). The minimum atomic E-state index is -0.364. The fourth-order valence-corrected chi connectivity index (χ4v) is 2.91. The summed E-state index contributed by atoms with van der Waals surface area (Å²) in [5, 5.41) is 10.9. The van der Waals surface area contributed by atoms with Crippen molar-refractivity contribution in [1.82, 2.24) is 4.90 Å². The number of hydrogen-bond acceptors (Lipinski definition) is 5. The molecular formula is C14H22N4O2. The monoisotopic (exact) mass is 278 g/mol. The van der Waals surface area contributed by atoms with Crippen LogP contribution < -0.4 is 11.3 Å². The van der Waals surface area contributed by atoms with Crippen molar-refractivity contribution in [2.24, 2.45) is 5.84 Å². The number of nitrogens with two attached hydrogens (primary N) is 1. The van der Waals surface area contributed by atoms with E-state index in [1.165, 1.54) is 25.3 Å². The zero-order valence-corrected chi connectivity index (χ0v) is 11.8. The molecule has 0 spiro atoms. The van der Waals surface area contributed by atoms with Crippen molar-refractivity contribution in [3.63, 3.8) is 0 Å². The standard InChI is InChI=1S/C14H22N4O2/c1-2-12-5-3-4-8-17(12)10-11-9-13(18(19)20)6-7-14(11)16-15/h6-7,9,12,16H,2-5,8,10,15H2,1H3. The maximum atomic E-state index is 10.9. The fourth-order valence-electron chi connectivity index (χ4n) is 2.91. The number of nitrogens with one attached hydrogen (secondary N) is 1. The smallest absolute Gasteiger partial charge is 0.269 e. The molecule has 6 heteroatoms. The first-order valence-corrected chi connectivity index (χ1v) is 7.13. The van der Waals surface area contributed by atoms with Crippen molar-refractivity contribution >= 4 is 11.4 Å². The number of piperidine rings is 1. The third-order valence-corrected chi connectivity index (χ3v) is 4.05. The van der Waals surface area contributed by atoms with E-state index >= 15 is 0 Å². The number of nitro groups is 1. The van der Waals surface area contributed by atoms with Crippen molar-refractivity contribution in [1.29, 1.82) is 0 Å². The van der Waals surface area contributed by atoms with Crippen LogP contribution in [0, 0.1) is 10.1 Å². The number of nitro benzene ring substituents is 1. The van der Waals surface area contributed by atoms with Crippen LogP contribution in [0.1, 0.15) is 38.2 Å². The SMILES string of the molecule is CCC1CCCCN1Cc1cc([N+](=O)[O-])ccc1NN. The summed E-state index contributed by atoms with van der Waals surface area (Å²) in [7, 11) is 0. The Morgan fingerprint density at radius 2 is 2.30 bits per heavy atom. The van der Waals surface area contributed by atoms with E-state index in [1.807, 2.05) is 0 Å². The van der Waals surface area contributed by atoms with E-state index in [9.17, 15) is 10.1 Å². The summed E-state index contributed by atoms with van der Waals surface area (Å²) < 4.78 is 0. The lowest BCUT2D eigenvalue weighted by Crippen LogP contribution is -2.38. The first-order chi connectivity index (χ1) is 9.65. The van der Waals surface area contributed by atoms with Gasteiger partial charge in [0, 0.05) is 24.7 Å². The normalized spacial score (nSPS) is 19.8. The minimum Gasteiger partial charge on any atom is -0.324 e. The van der Waals surface area contributed by atoms with Crippen LogP contribution in [0.15, 0.2) is 18.2 Å². The van der Waals surface area contributed by atoms with Crippen LogP contribution in [-0.4, -0.2) is 22.4 Å². The highest BCUT2D eigenvalue weighted by Gasteiger charge is 2.22. The first kappa shape index (κ1) is 14.7. The molecular weight excluding hydrogens is 256 g/mol. The van der Waals surface area contributed by atoms with E-state index in [2.05, 4.69) is 17.2 Å². The van der Waals surface area contributed by atoms with E-state index in [1.54, 1.807) is 12.1 Å². The number of rotatable bonds is 5. The molecule has 1 fully saturated rings. The molecule has 1 atom stereocenters.